The molecule has 3 N–H and O–H groups in total. The standard InChI is InChI=1S/C11H10FN3O3.C5H8.C2H4O2/c1-18-9(10(14)16)11(17)15-8-3-6(5-13)2-7(12)4-8;1-2-4-5-3-1;1-4-2-3/h2-4,9H,1H3,(H2,14,16)(H,15,17);1-2H,3-5H2;2H,1H3. The first-order valence-corrected chi connectivity index (χ1v) is 7.84. The van der Waals surface area contributed by atoms with Crippen molar-refractivity contribution in [1.82, 2.24) is 0 Å². The SMILES string of the molecule is C1=CCCC1.COC(C(N)=O)C(=O)Nc1cc(F)cc(C#N)c1.COC=O. The predicted octanol–water partition coefficient (Wildman–Crippen LogP) is 1.65. The number of carbonyl (C=O) groups is 3. The number of nitrogens with zero attached hydrogens (tertiary/aromatic N) is 1. The van der Waals surface area contributed by atoms with Crippen molar-refractivity contribution in [3.8, 4) is 6.07 Å². The van der Waals surface area contributed by atoms with E-state index < -0.39 is 23.7 Å². The van der Waals surface area contributed by atoms with Crippen LogP contribution < -0.4 is 11.1 Å². The van der Waals surface area contributed by atoms with Crippen molar-refractivity contribution >= 4 is 24.0 Å². The molecule has 0 saturated heterocycles. The average molecular weight is 379 g/mol. The first-order valence-electron chi connectivity index (χ1n) is 7.84. The van der Waals surface area contributed by atoms with E-state index in [1.165, 1.54) is 32.4 Å². The average Bonchev–Trinajstić information content (AvgIpc) is 3.21. The molecule has 2 rings (SSSR count). The molecule has 1 aliphatic rings. The number of carbonyl (C=O) groups excluding carboxylic acids is 3. The number of primary amides is 1. The Balaban J connectivity index is 0.000000613. The summed E-state index contributed by atoms with van der Waals surface area (Å²) in [5.74, 6) is -2.48. The van der Waals surface area contributed by atoms with Crippen LogP contribution >= 0.6 is 0 Å². The Morgan fingerprint density at radius 3 is 2.26 bits per heavy atom. The fourth-order valence-electron chi connectivity index (χ4n) is 1.88. The number of nitriles is 1. The number of nitrogens with two attached hydrogens (primary N) is 1. The fourth-order valence-corrected chi connectivity index (χ4v) is 1.88. The lowest BCUT2D eigenvalue weighted by Crippen LogP contribution is -2.40. The van der Waals surface area contributed by atoms with Crippen LogP contribution in [0.25, 0.3) is 0 Å². The summed E-state index contributed by atoms with van der Waals surface area (Å²) < 4.78 is 21.5. The Kier molecular flexibility index (Phi) is 12.3. The summed E-state index contributed by atoms with van der Waals surface area (Å²) in [7, 11) is 2.45. The number of hydrogen-bond acceptors (Lipinski definition) is 6. The molecule has 146 valence electrons. The zero-order valence-electron chi connectivity index (χ0n) is 15.1. The molecule has 0 aromatic heterocycles. The molecule has 1 aromatic carbocycles. The van der Waals surface area contributed by atoms with Crippen LogP contribution in [0.5, 0.6) is 0 Å². The second-order valence-corrected chi connectivity index (χ2v) is 5.08. The third-order valence-corrected chi connectivity index (χ3v) is 3.03. The van der Waals surface area contributed by atoms with Gasteiger partial charge in [-0.25, -0.2) is 4.39 Å². The number of ether oxygens (including phenoxy) is 2. The van der Waals surface area contributed by atoms with Gasteiger partial charge in [-0.3, -0.25) is 14.4 Å². The Morgan fingerprint density at radius 2 is 1.89 bits per heavy atom. The minimum Gasteiger partial charge on any atom is -0.471 e. The minimum atomic E-state index is -1.47. The molecule has 0 spiro atoms. The van der Waals surface area contributed by atoms with Gasteiger partial charge in [-0.05, 0) is 37.5 Å². The van der Waals surface area contributed by atoms with E-state index in [0.717, 1.165) is 19.2 Å². The number of benzene rings is 1. The van der Waals surface area contributed by atoms with Crippen LogP contribution in [0.1, 0.15) is 24.8 Å². The molecule has 2 amide bonds. The van der Waals surface area contributed by atoms with E-state index in [2.05, 4.69) is 26.9 Å². The molecule has 27 heavy (non-hydrogen) atoms. The Morgan fingerprint density at radius 1 is 1.30 bits per heavy atom. The highest BCUT2D eigenvalue weighted by Crippen LogP contribution is 2.14. The maximum Gasteiger partial charge on any atom is 0.292 e. The van der Waals surface area contributed by atoms with E-state index in [1.54, 1.807) is 6.07 Å². The van der Waals surface area contributed by atoms with Gasteiger partial charge in [-0.15, -0.1) is 0 Å². The van der Waals surface area contributed by atoms with Crippen LogP contribution in [0.4, 0.5) is 10.1 Å². The van der Waals surface area contributed by atoms with Crippen LogP contribution in [-0.4, -0.2) is 38.6 Å². The molecule has 8 nitrogen and oxygen atoms in total. The van der Waals surface area contributed by atoms with Gasteiger partial charge in [-0.2, -0.15) is 5.26 Å². The minimum absolute atomic E-state index is 0.0401. The number of hydrogen-bond donors (Lipinski definition) is 2. The number of methoxy groups -OCH3 is 2. The van der Waals surface area contributed by atoms with Gasteiger partial charge >= 0.3 is 0 Å². The number of rotatable bonds is 5. The van der Waals surface area contributed by atoms with E-state index in [9.17, 15) is 14.0 Å². The molecule has 1 aromatic rings. The lowest BCUT2D eigenvalue weighted by Gasteiger charge is -2.12. The maximum atomic E-state index is 13.1. The van der Waals surface area contributed by atoms with Crippen molar-refractivity contribution in [1.29, 1.82) is 5.26 Å². The summed E-state index contributed by atoms with van der Waals surface area (Å²) in [6, 6.07) is 5.01. The molecule has 1 unspecified atom stereocenters. The van der Waals surface area contributed by atoms with Crippen molar-refractivity contribution in [2.75, 3.05) is 19.5 Å². The second-order valence-electron chi connectivity index (χ2n) is 5.08. The fraction of sp³-hybridized carbons (Fsp3) is 0.333. The smallest absolute Gasteiger partial charge is 0.292 e. The maximum absolute atomic E-state index is 13.1. The molecule has 0 aliphatic heterocycles. The highest BCUT2D eigenvalue weighted by atomic mass is 19.1. The molecule has 0 fully saturated rings. The number of anilines is 1. The van der Waals surface area contributed by atoms with Crippen molar-refractivity contribution in [3.63, 3.8) is 0 Å². The third kappa shape index (κ3) is 10.4. The Labute approximate surface area is 156 Å². The number of amides is 2. The molecular formula is C18H22FN3O5. The monoisotopic (exact) mass is 379 g/mol. The van der Waals surface area contributed by atoms with E-state index in [4.69, 9.17) is 15.8 Å². The van der Waals surface area contributed by atoms with Crippen LogP contribution in [-0.2, 0) is 23.9 Å². The summed E-state index contributed by atoms with van der Waals surface area (Å²) in [6.45, 7) is 0.375. The van der Waals surface area contributed by atoms with Crippen LogP contribution in [0.3, 0.4) is 0 Å². The van der Waals surface area contributed by atoms with Crippen LogP contribution in [0, 0.1) is 17.1 Å². The Hall–Kier alpha value is -3.25. The molecule has 1 atom stereocenters. The highest BCUT2D eigenvalue weighted by molar-refractivity contribution is 6.08. The molecule has 0 heterocycles. The van der Waals surface area contributed by atoms with E-state index >= 15 is 0 Å². The zero-order chi connectivity index (χ0) is 20.7. The first-order chi connectivity index (χ1) is 12.9. The number of halogens is 1. The van der Waals surface area contributed by atoms with Crippen molar-refractivity contribution in [3.05, 3.63) is 41.7 Å². The van der Waals surface area contributed by atoms with Gasteiger partial charge in [0, 0.05) is 12.8 Å². The van der Waals surface area contributed by atoms with Gasteiger partial charge < -0.3 is 20.5 Å². The number of allylic oxidation sites excluding steroid dienone is 2. The van der Waals surface area contributed by atoms with Crippen molar-refractivity contribution in [2.24, 2.45) is 5.73 Å². The van der Waals surface area contributed by atoms with Gasteiger partial charge in [0.2, 0.25) is 6.10 Å². The third-order valence-electron chi connectivity index (χ3n) is 3.03. The molecular weight excluding hydrogens is 357 g/mol. The zero-order valence-corrected chi connectivity index (χ0v) is 15.1. The molecule has 0 bridgehead atoms. The summed E-state index contributed by atoms with van der Waals surface area (Å²) in [5.41, 5.74) is 5.02. The van der Waals surface area contributed by atoms with Gasteiger partial charge in [0.15, 0.2) is 0 Å². The molecule has 9 heteroatoms. The van der Waals surface area contributed by atoms with E-state index in [1.807, 2.05) is 0 Å². The van der Waals surface area contributed by atoms with Gasteiger partial charge in [-0.1, -0.05) is 12.2 Å². The molecule has 1 aliphatic carbocycles. The van der Waals surface area contributed by atoms with Crippen LogP contribution in [0.2, 0.25) is 0 Å². The lowest BCUT2D eigenvalue weighted by molar-refractivity contribution is -0.138. The largest absolute Gasteiger partial charge is 0.471 e. The van der Waals surface area contributed by atoms with Gasteiger partial charge in [0.1, 0.15) is 5.82 Å². The molecule has 0 radical (unpaired) electrons. The van der Waals surface area contributed by atoms with E-state index in [-0.39, 0.29) is 11.3 Å². The molecule has 0 saturated carbocycles. The lowest BCUT2D eigenvalue weighted by atomic mass is 10.2. The topological polar surface area (TPSA) is 132 Å². The normalized spacial score (nSPS) is 12.2. The summed E-state index contributed by atoms with van der Waals surface area (Å²) in [6.07, 6.45) is 7.03. The summed E-state index contributed by atoms with van der Waals surface area (Å²) >= 11 is 0. The first kappa shape index (κ1) is 23.8. The van der Waals surface area contributed by atoms with Crippen molar-refractivity contribution < 1.29 is 28.2 Å². The van der Waals surface area contributed by atoms with Gasteiger partial charge in [0.05, 0.1) is 18.7 Å². The number of nitrogens with one attached hydrogen (secondary N) is 1. The van der Waals surface area contributed by atoms with Crippen LogP contribution in [0.15, 0.2) is 30.4 Å². The summed E-state index contributed by atoms with van der Waals surface area (Å²) in [5, 5.41) is 10.9. The summed E-state index contributed by atoms with van der Waals surface area (Å²) in [4.78, 5) is 31.4. The van der Waals surface area contributed by atoms with E-state index in [0.29, 0.717) is 6.47 Å². The second kappa shape index (κ2) is 14.0. The Bertz CT molecular complexity index is 695. The van der Waals surface area contributed by atoms with Gasteiger partial charge in [0.25, 0.3) is 18.3 Å². The predicted molar refractivity (Wildman–Crippen MR) is 95.8 cm³/mol. The quantitative estimate of drug-likeness (QED) is 0.454. The highest BCUT2D eigenvalue weighted by Gasteiger charge is 2.23. The van der Waals surface area contributed by atoms with Crippen molar-refractivity contribution in [2.45, 2.75) is 25.4 Å².